The Kier molecular flexibility index (Phi) is 30.0. The van der Waals surface area contributed by atoms with Crippen LogP contribution in [0.25, 0.3) is 0 Å². The number of hydrogen-bond acceptors (Lipinski definition) is 0. The molecule has 0 heteroatoms. The lowest BCUT2D eigenvalue weighted by atomic mass is 9.90. The summed E-state index contributed by atoms with van der Waals surface area (Å²) in [5.74, 6) is 0.999. The van der Waals surface area contributed by atoms with Gasteiger partial charge >= 0.3 is 0 Å². The van der Waals surface area contributed by atoms with Crippen LogP contribution in [-0.2, 0) is 0 Å². The van der Waals surface area contributed by atoms with Crippen LogP contribution in [0.1, 0.15) is 200 Å². The molecular formula is C33H67. The summed E-state index contributed by atoms with van der Waals surface area (Å²) in [5, 5.41) is 0. The molecule has 0 N–H and O–H groups in total. The van der Waals surface area contributed by atoms with Gasteiger partial charge in [0.1, 0.15) is 0 Å². The minimum atomic E-state index is 0.999. The summed E-state index contributed by atoms with van der Waals surface area (Å²) >= 11 is 0. The van der Waals surface area contributed by atoms with Crippen LogP contribution in [0.2, 0.25) is 0 Å². The van der Waals surface area contributed by atoms with E-state index in [1.165, 1.54) is 180 Å². The molecule has 0 aliphatic heterocycles. The molecule has 0 aliphatic carbocycles. The molecule has 0 bridgehead atoms. The van der Waals surface area contributed by atoms with Crippen LogP contribution in [0, 0.1) is 12.8 Å². The van der Waals surface area contributed by atoms with Gasteiger partial charge in [0.05, 0.1) is 0 Å². The molecule has 33 heavy (non-hydrogen) atoms. The van der Waals surface area contributed by atoms with Crippen LogP contribution in [0.3, 0.4) is 0 Å². The van der Waals surface area contributed by atoms with Gasteiger partial charge in [-0.1, -0.05) is 207 Å². The van der Waals surface area contributed by atoms with Gasteiger partial charge < -0.3 is 0 Å². The molecule has 0 nitrogen and oxygen atoms in total. The average molecular weight is 464 g/mol. The SMILES string of the molecule is [CH2]CCCC(CCCCC)CCCCCCCCCCCCCCCCCCCCCCC. The highest BCUT2D eigenvalue weighted by molar-refractivity contribution is 4.62. The van der Waals surface area contributed by atoms with Crippen LogP contribution < -0.4 is 0 Å². The predicted molar refractivity (Wildman–Crippen MR) is 154 cm³/mol. The topological polar surface area (TPSA) is 0 Å². The maximum Gasteiger partial charge on any atom is -0.0414 e. The molecule has 0 spiro atoms. The van der Waals surface area contributed by atoms with Crippen molar-refractivity contribution in [3.63, 3.8) is 0 Å². The fourth-order valence-corrected chi connectivity index (χ4v) is 5.41. The molecule has 0 rings (SSSR count). The Morgan fingerprint density at radius 1 is 0.333 bits per heavy atom. The van der Waals surface area contributed by atoms with E-state index in [4.69, 9.17) is 0 Å². The van der Waals surface area contributed by atoms with E-state index < -0.39 is 0 Å². The van der Waals surface area contributed by atoms with Crippen molar-refractivity contribution in [2.45, 2.75) is 200 Å². The molecule has 0 saturated heterocycles. The summed E-state index contributed by atoms with van der Waals surface area (Å²) in [6.45, 7) is 8.67. The largest absolute Gasteiger partial charge is 0.0654 e. The van der Waals surface area contributed by atoms with Crippen LogP contribution in [0.4, 0.5) is 0 Å². The Bertz CT molecular complexity index is 320. The lowest BCUT2D eigenvalue weighted by Crippen LogP contribution is -2.01. The zero-order valence-corrected chi connectivity index (χ0v) is 23.8. The van der Waals surface area contributed by atoms with E-state index in [0.29, 0.717) is 0 Å². The van der Waals surface area contributed by atoms with Gasteiger partial charge in [0.2, 0.25) is 0 Å². The molecule has 0 aromatic heterocycles. The smallest absolute Gasteiger partial charge is 0.0414 e. The van der Waals surface area contributed by atoms with E-state index in [-0.39, 0.29) is 0 Å². The van der Waals surface area contributed by atoms with E-state index >= 15 is 0 Å². The maximum absolute atomic E-state index is 4.05. The van der Waals surface area contributed by atoms with Gasteiger partial charge in [-0.05, 0) is 5.92 Å². The van der Waals surface area contributed by atoms with Crippen LogP contribution >= 0.6 is 0 Å². The summed E-state index contributed by atoms with van der Waals surface area (Å²) in [4.78, 5) is 0. The summed E-state index contributed by atoms with van der Waals surface area (Å²) in [5.41, 5.74) is 0. The van der Waals surface area contributed by atoms with Gasteiger partial charge in [0.25, 0.3) is 0 Å². The monoisotopic (exact) mass is 464 g/mol. The third-order valence-corrected chi connectivity index (χ3v) is 7.79. The quantitative estimate of drug-likeness (QED) is 0.0967. The van der Waals surface area contributed by atoms with Crippen LogP contribution in [-0.4, -0.2) is 0 Å². The van der Waals surface area contributed by atoms with E-state index in [2.05, 4.69) is 20.8 Å². The highest BCUT2D eigenvalue weighted by Crippen LogP contribution is 2.23. The highest BCUT2D eigenvalue weighted by Gasteiger charge is 2.07. The maximum atomic E-state index is 4.05. The van der Waals surface area contributed by atoms with Crippen LogP contribution in [0.5, 0.6) is 0 Å². The van der Waals surface area contributed by atoms with E-state index in [1.54, 1.807) is 0 Å². The lowest BCUT2D eigenvalue weighted by Gasteiger charge is -2.16. The first kappa shape index (κ1) is 33.0. The molecule has 0 saturated carbocycles. The Hall–Kier alpha value is 0. The Morgan fingerprint density at radius 3 is 0.909 bits per heavy atom. The van der Waals surface area contributed by atoms with E-state index in [9.17, 15) is 0 Å². The van der Waals surface area contributed by atoms with Crippen molar-refractivity contribution < 1.29 is 0 Å². The lowest BCUT2D eigenvalue weighted by molar-refractivity contribution is 0.375. The van der Waals surface area contributed by atoms with Gasteiger partial charge in [-0.3, -0.25) is 0 Å². The van der Waals surface area contributed by atoms with Crippen molar-refractivity contribution in [3.05, 3.63) is 6.92 Å². The molecule has 1 radical (unpaired) electrons. The first-order chi connectivity index (χ1) is 16.3. The number of unbranched alkanes of at least 4 members (excludes halogenated alkanes) is 23. The number of hydrogen-bond donors (Lipinski definition) is 0. The first-order valence-electron chi connectivity index (χ1n) is 16.1. The van der Waals surface area contributed by atoms with Gasteiger partial charge in [-0.15, -0.1) is 0 Å². The summed E-state index contributed by atoms with van der Waals surface area (Å²) in [6.07, 6.45) is 42.2. The van der Waals surface area contributed by atoms with Gasteiger partial charge in [0.15, 0.2) is 0 Å². The third-order valence-electron chi connectivity index (χ3n) is 7.79. The molecule has 0 aromatic rings. The second-order valence-corrected chi connectivity index (χ2v) is 11.2. The van der Waals surface area contributed by atoms with Crippen molar-refractivity contribution in [2.24, 2.45) is 5.92 Å². The third kappa shape index (κ3) is 28.1. The summed E-state index contributed by atoms with van der Waals surface area (Å²) in [6, 6.07) is 0. The molecular weight excluding hydrogens is 396 g/mol. The minimum Gasteiger partial charge on any atom is -0.0654 e. The number of rotatable bonds is 29. The first-order valence-corrected chi connectivity index (χ1v) is 16.1. The molecule has 0 aromatic carbocycles. The summed E-state index contributed by atoms with van der Waals surface area (Å²) < 4.78 is 0. The summed E-state index contributed by atoms with van der Waals surface area (Å²) in [7, 11) is 0. The predicted octanol–water partition coefficient (Wildman–Crippen LogP) is 12.8. The average Bonchev–Trinajstić information content (AvgIpc) is 2.83. The minimum absolute atomic E-state index is 0.999. The zero-order valence-electron chi connectivity index (χ0n) is 23.8. The Labute approximate surface area is 212 Å². The van der Waals surface area contributed by atoms with Gasteiger partial charge in [0, 0.05) is 0 Å². The van der Waals surface area contributed by atoms with Gasteiger partial charge in [-0.2, -0.15) is 0 Å². The van der Waals surface area contributed by atoms with E-state index in [1.807, 2.05) is 0 Å². The second kappa shape index (κ2) is 30.0. The fraction of sp³-hybridized carbons (Fsp3) is 0.970. The molecule has 0 amide bonds. The highest BCUT2D eigenvalue weighted by atomic mass is 14.1. The van der Waals surface area contributed by atoms with Crippen molar-refractivity contribution in [2.75, 3.05) is 0 Å². The molecule has 0 fully saturated rings. The van der Waals surface area contributed by atoms with Crippen molar-refractivity contribution in [1.82, 2.24) is 0 Å². The van der Waals surface area contributed by atoms with Crippen LogP contribution in [0.15, 0.2) is 0 Å². The Morgan fingerprint density at radius 2 is 0.576 bits per heavy atom. The van der Waals surface area contributed by atoms with Crippen molar-refractivity contribution >= 4 is 0 Å². The van der Waals surface area contributed by atoms with Crippen molar-refractivity contribution in [3.8, 4) is 0 Å². The normalized spacial score (nSPS) is 12.5. The van der Waals surface area contributed by atoms with Gasteiger partial charge in [-0.25, -0.2) is 0 Å². The Balaban J connectivity index is 3.24. The van der Waals surface area contributed by atoms with Crippen molar-refractivity contribution in [1.29, 1.82) is 0 Å². The molecule has 0 heterocycles. The second-order valence-electron chi connectivity index (χ2n) is 11.2. The zero-order chi connectivity index (χ0) is 24.1. The molecule has 1 unspecified atom stereocenters. The molecule has 199 valence electrons. The molecule has 1 atom stereocenters. The molecule has 0 aliphatic rings. The fourth-order valence-electron chi connectivity index (χ4n) is 5.41. The standard InChI is InChI=1S/C33H67/c1-4-7-10-11-12-13-14-15-16-17-18-19-20-21-22-23-24-25-26-27-29-32-33(30-9-6-3)31-28-8-5-2/h33H,3-32H2,1-2H3. The van der Waals surface area contributed by atoms with E-state index in [0.717, 1.165) is 12.3 Å².